The van der Waals surface area contributed by atoms with Gasteiger partial charge >= 0.3 is 0 Å². The van der Waals surface area contributed by atoms with Crippen LogP contribution in [-0.2, 0) is 32.6 Å². The van der Waals surface area contributed by atoms with E-state index in [-0.39, 0.29) is 37.7 Å². The minimum atomic E-state index is -3.58. The number of anilines is 1. The van der Waals surface area contributed by atoms with Crippen LogP contribution < -0.4 is 9.62 Å². The molecule has 1 atom stereocenters. The summed E-state index contributed by atoms with van der Waals surface area (Å²) < 4.78 is 26.6. The van der Waals surface area contributed by atoms with E-state index in [1.54, 1.807) is 30.3 Å². The third-order valence-corrected chi connectivity index (χ3v) is 8.28. The molecule has 0 radical (unpaired) electrons. The Morgan fingerprint density at radius 2 is 1.65 bits per heavy atom. The Bertz CT molecular complexity index is 1420. The third-order valence-electron chi connectivity index (χ3n) is 6.51. The van der Waals surface area contributed by atoms with Crippen LogP contribution in [0.25, 0.3) is 0 Å². The number of amides is 2. The van der Waals surface area contributed by atoms with E-state index in [2.05, 4.69) is 5.32 Å². The molecule has 7 nitrogen and oxygen atoms in total. The van der Waals surface area contributed by atoms with Crippen molar-refractivity contribution < 1.29 is 18.0 Å². The van der Waals surface area contributed by atoms with Gasteiger partial charge in [-0.05, 0) is 55.2 Å². The van der Waals surface area contributed by atoms with Gasteiger partial charge in [0.05, 0.1) is 11.9 Å². The van der Waals surface area contributed by atoms with Gasteiger partial charge in [-0.2, -0.15) is 0 Å². The van der Waals surface area contributed by atoms with Crippen LogP contribution in [0.4, 0.5) is 5.69 Å². The highest BCUT2D eigenvalue weighted by molar-refractivity contribution is 7.92. The Kier molecular flexibility index (Phi) is 11.4. The first-order chi connectivity index (χ1) is 19.0. The van der Waals surface area contributed by atoms with E-state index in [4.69, 9.17) is 23.2 Å². The number of rotatable bonds is 13. The summed E-state index contributed by atoms with van der Waals surface area (Å²) in [7, 11) is -3.58. The number of benzene rings is 3. The Hall–Kier alpha value is -3.07. The van der Waals surface area contributed by atoms with Gasteiger partial charge in [-0.25, -0.2) is 8.42 Å². The van der Waals surface area contributed by atoms with E-state index in [0.717, 1.165) is 17.4 Å². The van der Waals surface area contributed by atoms with Gasteiger partial charge in [-0.1, -0.05) is 77.8 Å². The number of carbonyl (C=O) groups excluding carboxylic acids is 2. The van der Waals surface area contributed by atoms with Crippen LogP contribution in [0, 0.1) is 6.92 Å². The topological polar surface area (TPSA) is 86.8 Å². The molecule has 1 N–H and O–H groups in total. The second-order valence-corrected chi connectivity index (χ2v) is 12.3. The van der Waals surface area contributed by atoms with Crippen LogP contribution in [0.3, 0.4) is 0 Å². The van der Waals surface area contributed by atoms with Gasteiger partial charge in [0.2, 0.25) is 21.8 Å². The van der Waals surface area contributed by atoms with E-state index in [1.807, 2.05) is 56.3 Å². The van der Waals surface area contributed by atoms with Crippen LogP contribution >= 0.6 is 23.2 Å². The van der Waals surface area contributed by atoms with Crippen molar-refractivity contribution in [1.82, 2.24) is 10.2 Å². The number of aryl methyl sites for hydroxylation is 1. The van der Waals surface area contributed by atoms with Crippen molar-refractivity contribution in [3.63, 3.8) is 0 Å². The highest BCUT2D eigenvalue weighted by Crippen LogP contribution is 2.26. The van der Waals surface area contributed by atoms with Crippen molar-refractivity contribution in [2.45, 2.75) is 45.7 Å². The summed E-state index contributed by atoms with van der Waals surface area (Å²) in [5, 5.41) is 3.72. The molecule has 0 aliphatic heterocycles. The van der Waals surface area contributed by atoms with Gasteiger partial charge in [0, 0.05) is 42.5 Å². The molecule has 0 unspecified atom stereocenters. The molecule has 0 saturated carbocycles. The summed E-state index contributed by atoms with van der Waals surface area (Å²) in [6.45, 7) is 4.29. The molecule has 3 rings (SSSR count). The Morgan fingerprint density at radius 1 is 0.975 bits per heavy atom. The number of hydrogen-bond donors (Lipinski definition) is 1. The van der Waals surface area contributed by atoms with Crippen LogP contribution in [-0.4, -0.2) is 50.5 Å². The van der Waals surface area contributed by atoms with Gasteiger partial charge in [0.1, 0.15) is 6.04 Å². The average molecular weight is 605 g/mol. The van der Waals surface area contributed by atoms with Gasteiger partial charge in [0.15, 0.2) is 0 Å². The van der Waals surface area contributed by atoms with Crippen LogP contribution in [0.2, 0.25) is 10.0 Å². The maximum absolute atomic E-state index is 13.8. The molecule has 10 heteroatoms. The second kappa shape index (κ2) is 14.5. The molecule has 3 aromatic carbocycles. The van der Waals surface area contributed by atoms with Gasteiger partial charge in [-0.3, -0.25) is 13.9 Å². The number of halogens is 2. The minimum Gasteiger partial charge on any atom is -0.355 e. The SMILES string of the molecule is CCNC(=O)[C@@H](Cc1ccccc1)N(Cc1ccc(Cl)cc1Cl)C(=O)CCCN(c1ccccc1C)S(C)(=O)=O. The molecule has 3 aromatic rings. The maximum atomic E-state index is 13.8. The summed E-state index contributed by atoms with van der Waals surface area (Å²) in [5.74, 6) is -0.557. The highest BCUT2D eigenvalue weighted by Gasteiger charge is 2.31. The quantitative estimate of drug-likeness (QED) is 0.274. The standard InChI is InChI=1S/C30H35Cl2N3O4S/c1-4-33-30(37)28(19-23-12-6-5-7-13-23)34(21-24-16-17-25(31)20-26(24)32)29(36)15-10-18-35(40(3,38)39)27-14-9-8-11-22(27)2/h5-9,11-14,16-17,20,28H,4,10,15,18-19,21H2,1-3H3,(H,33,37)/t28-/m1/s1. The molecule has 2 amide bonds. The van der Waals surface area contributed by atoms with Gasteiger partial charge in [-0.15, -0.1) is 0 Å². The molecule has 0 bridgehead atoms. The minimum absolute atomic E-state index is 0.0355. The molecule has 0 aromatic heterocycles. The van der Waals surface area contributed by atoms with E-state index >= 15 is 0 Å². The molecular weight excluding hydrogens is 569 g/mol. The molecule has 0 fully saturated rings. The van der Waals surface area contributed by atoms with Crippen molar-refractivity contribution in [2.75, 3.05) is 23.7 Å². The largest absolute Gasteiger partial charge is 0.355 e. The lowest BCUT2D eigenvalue weighted by atomic mass is 10.0. The molecule has 40 heavy (non-hydrogen) atoms. The van der Waals surface area contributed by atoms with Crippen molar-refractivity contribution in [1.29, 1.82) is 0 Å². The average Bonchev–Trinajstić information content (AvgIpc) is 2.90. The number of carbonyl (C=O) groups is 2. The van der Waals surface area contributed by atoms with Crippen LogP contribution in [0.15, 0.2) is 72.8 Å². The summed E-state index contributed by atoms with van der Waals surface area (Å²) >= 11 is 12.6. The third kappa shape index (κ3) is 8.71. The maximum Gasteiger partial charge on any atom is 0.243 e. The number of likely N-dealkylation sites (N-methyl/N-ethyl adjacent to an activating group) is 1. The number of hydrogen-bond acceptors (Lipinski definition) is 4. The van der Waals surface area contributed by atoms with Crippen molar-refractivity contribution in [2.24, 2.45) is 0 Å². The molecule has 214 valence electrons. The second-order valence-electron chi connectivity index (χ2n) is 9.58. The van der Waals surface area contributed by atoms with Crippen molar-refractivity contribution in [3.8, 4) is 0 Å². The lowest BCUT2D eigenvalue weighted by Gasteiger charge is -2.32. The zero-order valence-corrected chi connectivity index (χ0v) is 25.3. The number of sulfonamides is 1. The zero-order valence-electron chi connectivity index (χ0n) is 22.9. The fourth-order valence-corrected chi connectivity index (χ4v) is 6.00. The first-order valence-corrected chi connectivity index (χ1v) is 15.7. The predicted octanol–water partition coefficient (Wildman–Crippen LogP) is 5.62. The fourth-order valence-electron chi connectivity index (χ4n) is 4.51. The van der Waals surface area contributed by atoms with Crippen molar-refractivity contribution in [3.05, 3.63) is 99.5 Å². The van der Waals surface area contributed by atoms with E-state index in [9.17, 15) is 18.0 Å². The number of nitrogens with one attached hydrogen (secondary N) is 1. The predicted molar refractivity (Wildman–Crippen MR) is 162 cm³/mol. The Balaban J connectivity index is 1.90. The van der Waals surface area contributed by atoms with Gasteiger partial charge < -0.3 is 10.2 Å². The van der Waals surface area contributed by atoms with Crippen LogP contribution in [0.1, 0.15) is 36.5 Å². The van der Waals surface area contributed by atoms with Crippen molar-refractivity contribution >= 4 is 50.7 Å². The summed E-state index contributed by atoms with van der Waals surface area (Å²) in [5.41, 5.74) is 2.95. The molecular formula is C30H35Cl2N3O4S. The smallest absolute Gasteiger partial charge is 0.243 e. The molecule has 0 heterocycles. The lowest BCUT2D eigenvalue weighted by molar-refractivity contribution is -0.141. The number of para-hydroxylation sites is 1. The molecule has 0 spiro atoms. The molecule has 0 saturated heterocycles. The highest BCUT2D eigenvalue weighted by atomic mass is 35.5. The van der Waals surface area contributed by atoms with Gasteiger partial charge in [0.25, 0.3) is 0 Å². The summed E-state index contributed by atoms with van der Waals surface area (Å²) in [6.07, 6.45) is 1.76. The monoisotopic (exact) mass is 603 g/mol. The first-order valence-electron chi connectivity index (χ1n) is 13.1. The normalized spacial score (nSPS) is 12.0. The Labute approximate surface area is 247 Å². The fraction of sp³-hybridized carbons (Fsp3) is 0.333. The summed E-state index contributed by atoms with van der Waals surface area (Å²) in [6, 6.07) is 20.9. The van der Waals surface area contributed by atoms with E-state index in [0.29, 0.717) is 34.3 Å². The number of nitrogens with zero attached hydrogens (tertiary/aromatic N) is 2. The zero-order chi connectivity index (χ0) is 29.3. The summed E-state index contributed by atoms with van der Waals surface area (Å²) in [4.78, 5) is 28.7. The lowest BCUT2D eigenvalue weighted by Crippen LogP contribution is -2.50. The molecule has 0 aliphatic rings. The van der Waals surface area contributed by atoms with Crippen LogP contribution in [0.5, 0.6) is 0 Å². The Morgan fingerprint density at radius 3 is 2.27 bits per heavy atom. The van der Waals surface area contributed by atoms with E-state index < -0.39 is 16.1 Å². The first kappa shape index (κ1) is 31.5. The molecule has 0 aliphatic carbocycles. The van der Waals surface area contributed by atoms with E-state index in [1.165, 1.54) is 9.21 Å².